The van der Waals surface area contributed by atoms with Crippen LogP contribution in [-0.2, 0) is 12.8 Å². The molecule has 0 spiro atoms. The highest BCUT2D eigenvalue weighted by molar-refractivity contribution is 6.30. The smallest absolute Gasteiger partial charge is 0.0596 e. The predicted octanol–water partition coefficient (Wildman–Crippen LogP) is 3.99. The van der Waals surface area contributed by atoms with Gasteiger partial charge < -0.3 is 10.2 Å². The van der Waals surface area contributed by atoms with Crippen LogP contribution in [0.5, 0.6) is 0 Å². The molecular weight excluding hydrogens is 268 g/mol. The lowest BCUT2D eigenvalue weighted by Crippen LogP contribution is -2.21. The van der Waals surface area contributed by atoms with E-state index in [0.29, 0.717) is 6.04 Å². The number of nitrogens with one attached hydrogen (secondary N) is 1. The summed E-state index contributed by atoms with van der Waals surface area (Å²) in [5.41, 5.74) is 5.20. The largest absolute Gasteiger partial charge is 0.380 e. The molecule has 0 amide bonds. The van der Waals surface area contributed by atoms with Crippen LogP contribution in [0.15, 0.2) is 42.5 Å². The molecule has 1 aliphatic carbocycles. The molecule has 2 aromatic carbocycles. The molecular formula is C17H19ClN2. The third-order valence-corrected chi connectivity index (χ3v) is 4.08. The highest BCUT2D eigenvalue weighted by Gasteiger charge is 2.22. The van der Waals surface area contributed by atoms with Gasteiger partial charge in [0.2, 0.25) is 0 Å². The second-order valence-corrected chi connectivity index (χ2v) is 6.01. The van der Waals surface area contributed by atoms with E-state index in [1.54, 1.807) is 0 Å². The van der Waals surface area contributed by atoms with Gasteiger partial charge in [-0.1, -0.05) is 29.8 Å². The predicted molar refractivity (Wildman–Crippen MR) is 87.0 cm³/mol. The average molecular weight is 287 g/mol. The first kappa shape index (κ1) is 13.3. The van der Waals surface area contributed by atoms with E-state index in [1.807, 2.05) is 6.07 Å². The normalized spacial score (nSPS) is 16.9. The van der Waals surface area contributed by atoms with Gasteiger partial charge in [-0.3, -0.25) is 0 Å². The molecule has 104 valence electrons. The SMILES string of the molecule is CN(C)c1ccccc1NC1Cc2ccc(Cl)cc2C1. The van der Waals surface area contributed by atoms with Crippen LogP contribution in [0.1, 0.15) is 11.1 Å². The quantitative estimate of drug-likeness (QED) is 0.918. The second kappa shape index (κ2) is 5.37. The van der Waals surface area contributed by atoms with Crippen molar-refractivity contribution in [2.75, 3.05) is 24.3 Å². The van der Waals surface area contributed by atoms with Gasteiger partial charge in [0.05, 0.1) is 11.4 Å². The third-order valence-electron chi connectivity index (χ3n) is 3.85. The summed E-state index contributed by atoms with van der Waals surface area (Å²) in [5, 5.41) is 4.50. The molecule has 0 heterocycles. The highest BCUT2D eigenvalue weighted by atomic mass is 35.5. The van der Waals surface area contributed by atoms with Gasteiger partial charge in [0.1, 0.15) is 0 Å². The van der Waals surface area contributed by atoms with Crippen molar-refractivity contribution in [1.82, 2.24) is 0 Å². The molecule has 3 rings (SSSR count). The minimum atomic E-state index is 0.449. The number of para-hydroxylation sites is 2. The molecule has 0 radical (unpaired) electrons. The Kier molecular flexibility index (Phi) is 3.58. The van der Waals surface area contributed by atoms with Gasteiger partial charge in [-0.15, -0.1) is 0 Å². The molecule has 2 nitrogen and oxygen atoms in total. The fourth-order valence-electron chi connectivity index (χ4n) is 2.89. The summed E-state index contributed by atoms with van der Waals surface area (Å²) in [6.07, 6.45) is 2.10. The summed E-state index contributed by atoms with van der Waals surface area (Å²) in [4.78, 5) is 2.14. The Balaban J connectivity index is 1.78. The van der Waals surface area contributed by atoms with Crippen LogP contribution in [-0.4, -0.2) is 20.1 Å². The number of fused-ring (bicyclic) bond motifs is 1. The van der Waals surface area contributed by atoms with Crippen molar-refractivity contribution in [3.8, 4) is 0 Å². The van der Waals surface area contributed by atoms with Crippen molar-refractivity contribution in [3.63, 3.8) is 0 Å². The van der Waals surface area contributed by atoms with E-state index in [4.69, 9.17) is 11.6 Å². The number of nitrogens with zero attached hydrogens (tertiary/aromatic N) is 1. The van der Waals surface area contributed by atoms with Gasteiger partial charge in [0.25, 0.3) is 0 Å². The number of halogens is 1. The number of benzene rings is 2. The number of hydrogen-bond donors (Lipinski definition) is 1. The van der Waals surface area contributed by atoms with Gasteiger partial charge in [0.15, 0.2) is 0 Å². The molecule has 0 aromatic heterocycles. The maximum absolute atomic E-state index is 6.07. The Hall–Kier alpha value is -1.67. The molecule has 1 aliphatic rings. The zero-order valence-electron chi connectivity index (χ0n) is 11.9. The lowest BCUT2D eigenvalue weighted by molar-refractivity contribution is 0.774. The van der Waals surface area contributed by atoms with Crippen molar-refractivity contribution in [1.29, 1.82) is 0 Å². The van der Waals surface area contributed by atoms with E-state index in [0.717, 1.165) is 17.9 Å². The summed E-state index contributed by atoms with van der Waals surface area (Å²) >= 11 is 6.07. The maximum atomic E-state index is 6.07. The molecule has 1 N–H and O–H groups in total. The lowest BCUT2D eigenvalue weighted by Gasteiger charge is -2.21. The molecule has 0 saturated heterocycles. The first-order chi connectivity index (χ1) is 9.63. The minimum absolute atomic E-state index is 0.449. The molecule has 1 atom stereocenters. The van der Waals surface area contributed by atoms with E-state index < -0.39 is 0 Å². The topological polar surface area (TPSA) is 15.3 Å². The summed E-state index contributed by atoms with van der Waals surface area (Å²) < 4.78 is 0. The van der Waals surface area contributed by atoms with Crippen LogP contribution in [0.3, 0.4) is 0 Å². The third kappa shape index (κ3) is 2.61. The Morgan fingerprint density at radius 2 is 1.80 bits per heavy atom. The fourth-order valence-corrected chi connectivity index (χ4v) is 3.09. The van der Waals surface area contributed by atoms with Crippen molar-refractivity contribution in [2.45, 2.75) is 18.9 Å². The van der Waals surface area contributed by atoms with Crippen LogP contribution in [0.4, 0.5) is 11.4 Å². The van der Waals surface area contributed by atoms with Crippen LogP contribution in [0.25, 0.3) is 0 Å². The minimum Gasteiger partial charge on any atom is -0.380 e. The van der Waals surface area contributed by atoms with Gasteiger partial charge in [-0.25, -0.2) is 0 Å². The summed E-state index contributed by atoms with van der Waals surface area (Å²) in [6.45, 7) is 0. The van der Waals surface area contributed by atoms with Crippen molar-refractivity contribution < 1.29 is 0 Å². The molecule has 20 heavy (non-hydrogen) atoms. The Labute approximate surface area is 125 Å². The van der Waals surface area contributed by atoms with Crippen molar-refractivity contribution in [2.24, 2.45) is 0 Å². The summed E-state index contributed by atoms with van der Waals surface area (Å²) in [5.74, 6) is 0. The lowest BCUT2D eigenvalue weighted by atomic mass is 10.1. The summed E-state index contributed by atoms with van der Waals surface area (Å²) in [6, 6.07) is 15.1. The van der Waals surface area contributed by atoms with E-state index in [2.05, 4.69) is 60.7 Å². The van der Waals surface area contributed by atoms with E-state index >= 15 is 0 Å². The molecule has 0 bridgehead atoms. The first-order valence-electron chi connectivity index (χ1n) is 6.93. The average Bonchev–Trinajstić information content (AvgIpc) is 2.80. The number of rotatable bonds is 3. The van der Waals surface area contributed by atoms with Crippen LogP contribution < -0.4 is 10.2 Å². The maximum Gasteiger partial charge on any atom is 0.0596 e. The number of hydrogen-bond acceptors (Lipinski definition) is 2. The van der Waals surface area contributed by atoms with Crippen LogP contribution in [0.2, 0.25) is 5.02 Å². The van der Waals surface area contributed by atoms with E-state index in [1.165, 1.54) is 22.5 Å². The molecule has 3 heteroatoms. The van der Waals surface area contributed by atoms with Crippen LogP contribution >= 0.6 is 11.6 Å². The Morgan fingerprint density at radius 1 is 1.05 bits per heavy atom. The number of anilines is 2. The highest BCUT2D eigenvalue weighted by Crippen LogP contribution is 2.30. The van der Waals surface area contributed by atoms with Gasteiger partial charge in [-0.05, 0) is 48.2 Å². The van der Waals surface area contributed by atoms with Crippen LogP contribution in [0, 0.1) is 0 Å². The molecule has 0 fully saturated rings. The van der Waals surface area contributed by atoms with E-state index in [-0.39, 0.29) is 0 Å². The fraction of sp³-hybridized carbons (Fsp3) is 0.294. The summed E-state index contributed by atoms with van der Waals surface area (Å²) in [7, 11) is 4.15. The van der Waals surface area contributed by atoms with Crippen molar-refractivity contribution >= 4 is 23.0 Å². The monoisotopic (exact) mass is 286 g/mol. The Morgan fingerprint density at radius 3 is 2.60 bits per heavy atom. The van der Waals surface area contributed by atoms with Gasteiger partial charge in [-0.2, -0.15) is 0 Å². The van der Waals surface area contributed by atoms with E-state index in [9.17, 15) is 0 Å². The van der Waals surface area contributed by atoms with Gasteiger partial charge >= 0.3 is 0 Å². The standard InChI is InChI=1S/C17H19ClN2/c1-20(2)17-6-4-3-5-16(17)19-15-10-12-7-8-14(18)9-13(12)11-15/h3-9,15,19H,10-11H2,1-2H3. The first-order valence-corrected chi connectivity index (χ1v) is 7.31. The zero-order valence-corrected chi connectivity index (χ0v) is 12.6. The Bertz CT molecular complexity index is 622. The van der Waals surface area contributed by atoms with Gasteiger partial charge in [0, 0.05) is 25.2 Å². The zero-order chi connectivity index (χ0) is 14.1. The van der Waals surface area contributed by atoms with Crippen molar-refractivity contribution in [3.05, 3.63) is 58.6 Å². The molecule has 2 aromatic rings. The molecule has 0 aliphatic heterocycles. The molecule has 1 unspecified atom stereocenters. The second-order valence-electron chi connectivity index (χ2n) is 5.57. The molecule has 0 saturated carbocycles.